The molecule has 0 saturated heterocycles. The zero-order chi connectivity index (χ0) is 20.9. The van der Waals surface area contributed by atoms with E-state index in [9.17, 15) is 19.0 Å². The summed E-state index contributed by atoms with van der Waals surface area (Å²) in [5, 5.41) is -2.94. The SMILES string of the molecule is CCOCCOC(C(=O)OC)C(OCCOCC)(C(=O)OCl)P(=O)(O)OC. The molecule has 27 heavy (non-hydrogen) atoms. The molecule has 0 spiro atoms. The number of ether oxygens (including phenoxy) is 5. The third-order valence-corrected chi connectivity index (χ3v) is 5.29. The molecule has 0 aromatic carbocycles. The van der Waals surface area contributed by atoms with Crippen molar-refractivity contribution in [1.29, 1.82) is 0 Å². The molecule has 0 saturated carbocycles. The summed E-state index contributed by atoms with van der Waals surface area (Å²) >= 11 is 5.13. The van der Waals surface area contributed by atoms with E-state index in [1.54, 1.807) is 13.8 Å². The van der Waals surface area contributed by atoms with Crippen molar-refractivity contribution >= 4 is 31.4 Å². The Morgan fingerprint density at radius 2 is 1.63 bits per heavy atom. The molecule has 0 heterocycles. The summed E-state index contributed by atoms with van der Waals surface area (Å²) in [6, 6.07) is 0. The normalized spacial score (nSPS) is 16.8. The fourth-order valence-corrected chi connectivity index (χ4v) is 3.44. The van der Waals surface area contributed by atoms with E-state index in [0.29, 0.717) is 13.2 Å². The molecule has 160 valence electrons. The fourth-order valence-electron chi connectivity index (χ4n) is 2.00. The molecule has 3 atom stereocenters. The van der Waals surface area contributed by atoms with Crippen LogP contribution in [0.15, 0.2) is 0 Å². The van der Waals surface area contributed by atoms with Gasteiger partial charge in [-0.1, -0.05) is 0 Å². The molecule has 0 aliphatic heterocycles. The largest absolute Gasteiger partial charge is 0.467 e. The van der Waals surface area contributed by atoms with Crippen LogP contribution in [0.5, 0.6) is 0 Å². The van der Waals surface area contributed by atoms with Crippen molar-refractivity contribution in [2.45, 2.75) is 25.3 Å². The first-order valence-electron chi connectivity index (χ1n) is 7.99. The highest BCUT2D eigenvalue weighted by Gasteiger charge is 2.67. The summed E-state index contributed by atoms with van der Waals surface area (Å²) in [7, 11) is -3.18. The predicted molar refractivity (Wildman–Crippen MR) is 92.2 cm³/mol. The Hall–Kier alpha value is -0.780. The van der Waals surface area contributed by atoms with Gasteiger partial charge in [-0.3, -0.25) is 4.57 Å². The summed E-state index contributed by atoms with van der Waals surface area (Å²) in [5.74, 6) is -2.75. The van der Waals surface area contributed by atoms with Crippen LogP contribution < -0.4 is 0 Å². The molecule has 3 unspecified atom stereocenters. The smallest absolute Gasteiger partial charge is 0.374 e. The molecule has 0 rings (SSSR count). The first-order chi connectivity index (χ1) is 12.8. The molecule has 0 aromatic heterocycles. The Kier molecular flexibility index (Phi) is 13.0. The first kappa shape index (κ1) is 26.2. The average molecular weight is 437 g/mol. The molecule has 0 amide bonds. The standard InChI is InChI=1S/C14H26ClO11P/c1-5-22-7-9-24-11(12(16)20-3)14(13(17)26-15,27(18,19)21-4)25-10-8-23-6-2/h11H,5-10H2,1-4H3,(H,18,19). The number of hydrogen-bond donors (Lipinski definition) is 1. The molecule has 11 nitrogen and oxygen atoms in total. The van der Waals surface area contributed by atoms with Crippen LogP contribution in [0.1, 0.15) is 13.8 Å². The van der Waals surface area contributed by atoms with Crippen LogP contribution in [-0.2, 0) is 46.7 Å². The van der Waals surface area contributed by atoms with Gasteiger partial charge >= 0.3 is 24.9 Å². The Labute approximate surface area is 162 Å². The monoisotopic (exact) mass is 436 g/mol. The lowest BCUT2D eigenvalue weighted by atomic mass is 10.2. The van der Waals surface area contributed by atoms with E-state index < -0.39 is 31.0 Å². The number of carbonyl (C=O) groups is 2. The molecule has 1 N–H and O–H groups in total. The number of halogens is 1. The molecule has 0 aromatic rings. The highest BCUT2D eigenvalue weighted by molar-refractivity contribution is 7.55. The van der Waals surface area contributed by atoms with Gasteiger partial charge in [-0.25, -0.2) is 9.59 Å². The minimum atomic E-state index is -5.02. The lowest BCUT2D eigenvalue weighted by Gasteiger charge is -2.36. The van der Waals surface area contributed by atoms with Crippen molar-refractivity contribution in [3.63, 3.8) is 0 Å². The quantitative estimate of drug-likeness (QED) is 0.222. The molecule has 13 heteroatoms. The van der Waals surface area contributed by atoms with Gasteiger partial charge in [-0.15, -0.1) is 0 Å². The zero-order valence-corrected chi connectivity index (χ0v) is 17.3. The number of esters is 1. The topological polar surface area (TPSA) is 136 Å². The molecule has 0 fully saturated rings. The lowest BCUT2D eigenvalue weighted by Crippen LogP contribution is -2.57. The second-order valence-corrected chi connectivity index (χ2v) is 7.00. The van der Waals surface area contributed by atoms with E-state index in [-0.39, 0.29) is 26.4 Å². The number of carbonyl (C=O) groups excluding carboxylic acids is 2. The minimum Gasteiger partial charge on any atom is -0.467 e. The maximum atomic E-state index is 12.7. The van der Waals surface area contributed by atoms with Gasteiger partial charge in [0.1, 0.15) is 11.9 Å². The van der Waals surface area contributed by atoms with Gasteiger partial charge < -0.3 is 37.4 Å². The van der Waals surface area contributed by atoms with Crippen LogP contribution in [0.25, 0.3) is 0 Å². The number of methoxy groups -OCH3 is 1. The van der Waals surface area contributed by atoms with Crippen LogP contribution in [0.2, 0.25) is 0 Å². The Bertz CT molecular complexity index is 503. The molecule has 0 aliphatic carbocycles. The first-order valence-corrected chi connectivity index (χ1v) is 9.88. The molecule has 0 bridgehead atoms. The lowest BCUT2D eigenvalue weighted by molar-refractivity contribution is -0.189. The van der Waals surface area contributed by atoms with E-state index in [1.165, 1.54) is 0 Å². The van der Waals surface area contributed by atoms with E-state index >= 15 is 0 Å². The van der Waals surface area contributed by atoms with Gasteiger partial charge in [0.15, 0.2) is 0 Å². The van der Waals surface area contributed by atoms with E-state index in [1.807, 2.05) is 0 Å². The van der Waals surface area contributed by atoms with Crippen LogP contribution in [-0.4, -0.2) is 82.1 Å². The van der Waals surface area contributed by atoms with Crippen molar-refractivity contribution in [3.8, 4) is 0 Å². The zero-order valence-electron chi connectivity index (χ0n) is 15.7. The van der Waals surface area contributed by atoms with Gasteiger partial charge in [0.2, 0.25) is 6.10 Å². The number of rotatable bonds is 15. The van der Waals surface area contributed by atoms with Crippen molar-refractivity contribution < 1.29 is 51.5 Å². The Morgan fingerprint density at radius 3 is 2.07 bits per heavy atom. The van der Waals surface area contributed by atoms with Crippen molar-refractivity contribution in [1.82, 2.24) is 0 Å². The van der Waals surface area contributed by atoms with Gasteiger partial charge in [0.25, 0.3) is 0 Å². The summed E-state index contributed by atoms with van der Waals surface area (Å²) < 4.78 is 46.7. The van der Waals surface area contributed by atoms with Crippen LogP contribution in [0, 0.1) is 0 Å². The van der Waals surface area contributed by atoms with E-state index in [4.69, 9.17) is 30.8 Å². The third kappa shape index (κ3) is 6.95. The average Bonchev–Trinajstić information content (AvgIpc) is 2.67. The Morgan fingerprint density at radius 1 is 1.07 bits per heavy atom. The van der Waals surface area contributed by atoms with Gasteiger partial charge in [-0.2, -0.15) is 0 Å². The summed E-state index contributed by atoms with van der Waals surface area (Å²) in [4.78, 5) is 35.0. The minimum absolute atomic E-state index is 0.0255. The summed E-state index contributed by atoms with van der Waals surface area (Å²) in [6.45, 7) is 3.48. The van der Waals surface area contributed by atoms with Crippen LogP contribution in [0.3, 0.4) is 0 Å². The maximum Gasteiger partial charge on any atom is 0.374 e. The van der Waals surface area contributed by atoms with Gasteiger partial charge in [0.05, 0.1) is 33.5 Å². The molecular weight excluding hydrogens is 411 g/mol. The predicted octanol–water partition coefficient (Wildman–Crippen LogP) is 0.859. The van der Waals surface area contributed by atoms with Gasteiger partial charge in [0, 0.05) is 20.3 Å². The summed E-state index contributed by atoms with van der Waals surface area (Å²) in [6.07, 6.45) is -2.04. The second-order valence-electron chi connectivity index (χ2n) is 4.78. The Balaban J connectivity index is 6.02. The number of hydrogen-bond acceptors (Lipinski definition) is 10. The van der Waals surface area contributed by atoms with Crippen molar-refractivity contribution in [2.24, 2.45) is 0 Å². The highest BCUT2D eigenvalue weighted by atomic mass is 35.5. The molecule has 0 aliphatic rings. The maximum absolute atomic E-state index is 12.7. The third-order valence-electron chi connectivity index (χ3n) is 3.27. The molecular formula is C14H26ClO11P. The highest BCUT2D eigenvalue weighted by Crippen LogP contribution is 2.58. The fraction of sp³-hybridized carbons (Fsp3) is 0.857. The second kappa shape index (κ2) is 13.4. The van der Waals surface area contributed by atoms with Crippen molar-refractivity contribution in [3.05, 3.63) is 0 Å². The summed E-state index contributed by atoms with van der Waals surface area (Å²) in [5.41, 5.74) is 0. The van der Waals surface area contributed by atoms with E-state index in [2.05, 4.69) is 13.5 Å². The van der Waals surface area contributed by atoms with Crippen molar-refractivity contribution in [2.75, 3.05) is 53.9 Å². The molecule has 0 radical (unpaired) electrons. The van der Waals surface area contributed by atoms with Crippen LogP contribution >= 0.6 is 19.5 Å². The van der Waals surface area contributed by atoms with E-state index in [0.717, 1.165) is 14.2 Å². The van der Waals surface area contributed by atoms with Gasteiger partial charge in [-0.05, 0) is 13.8 Å². The van der Waals surface area contributed by atoms with Crippen LogP contribution in [0.4, 0.5) is 0 Å².